The van der Waals surface area contributed by atoms with Gasteiger partial charge < -0.3 is 4.74 Å². The molecule has 1 atom stereocenters. The summed E-state index contributed by atoms with van der Waals surface area (Å²) in [6, 6.07) is 0. The monoisotopic (exact) mass is 235 g/mol. The summed E-state index contributed by atoms with van der Waals surface area (Å²) < 4.78 is 8.01. The topological polar surface area (TPSA) is 18.5 Å². The van der Waals surface area contributed by atoms with Crippen molar-refractivity contribution >= 4 is 22.7 Å². The molecule has 0 spiro atoms. The van der Waals surface area contributed by atoms with E-state index in [9.17, 15) is 0 Å². The smallest absolute Gasteiger partial charge is 0.193 e. The molecule has 0 saturated carbocycles. The van der Waals surface area contributed by atoms with Crippen molar-refractivity contribution in [1.29, 1.82) is 0 Å². The van der Waals surface area contributed by atoms with Gasteiger partial charge in [0.25, 0.3) is 0 Å². The van der Waals surface area contributed by atoms with Crippen LogP contribution in [0.5, 0.6) is 0 Å². The Morgan fingerprint density at radius 1 is 1.00 bits per heavy atom. The van der Waals surface area contributed by atoms with Crippen molar-refractivity contribution in [2.75, 3.05) is 45.9 Å². The third-order valence-electron chi connectivity index (χ3n) is 2.95. The summed E-state index contributed by atoms with van der Waals surface area (Å²) in [4.78, 5) is 4.78. The molecule has 0 amide bonds. The molecule has 6 heteroatoms. The molecule has 0 N–H and O–H groups in total. The molecule has 0 aromatic heterocycles. The van der Waals surface area contributed by atoms with Gasteiger partial charge >= 0.3 is 0 Å². The molecule has 3 heterocycles. The molecule has 0 radical (unpaired) electrons. The lowest BCUT2D eigenvalue weighted by molar-refractivity contribution is -0.203. The second-order valence-corrected chi connectivity index (χ2v) is 4.52. The SMILES string of the molecule is P.SN1CCOC(N2CC2)(N2CC2)C1. The van der Waals surface area contributed by atoms with Crippen molar-refractivity contribution in [3.63, 3.8) is 0 Å². The van der Waals surface area contributed by atoms with Gasteiger partial charge in [-0.2, -0.15) is 9.90 Å². The Kier molecular flexibility index (Phi) is 3.09. The van der Waals surface area contributed by atoms with Crippen molar-refractivity contribution < 1.29 is 4.74 Å². The van der Waals surface area contributed by atoms with E-state index in [0.717, 1.165) is 19.7 Å². The fraction of sp³-hybridized carbons (Fsp3) is 1.00. The molecular weight excluding hydrogens is 217 g/mol. The first-order valence-electron chi connectivity index (χ1n) is 4.89. The zero-order valence-electron chi connectivity index (χ0n) is 8.35. The minimum atomic E-state index is -0.111. The molecule has 1 unspecified atom stereocenters. The Hall–Kier alpha value is 0.620. The normalized spacial score (nSPS) is 32.4. The molecule has 4 nitrogen and oxygen atoms in total. The predicted octanol–water partition coefficient (Wildman–Crippen LogP) is -0.494. The molecular formula is C8H18N3OPS. The molecule has 0 aromatic rings. The van der Waals surface area contributed by atoms with Crippen LogP contribution in [0.3, 0.4) is 0 Å². The number of ether oxygens (including phenoxy) is 1. The van der Waals surface area contributed by atoms with E-state index in [2.05, 4.69) is 26.9 Å². The molecule has 3 aliphatic rings. The number of thiol groups is 1. The Morgan fingerprint density at radius 2 is 1.57 bits per heavy atom. The standard InChI is InChI=1S/C8H15N3OS.H3P/c13-11-5-6-12-8(7-11,9-1-2-9)10-3-4-10;/h13H,1-7H2;1H3. The van der Waals surface area contributed by atoms with Crippen LogP contribution in [-0.2, 0) is 4.74 Å². The lowest BCUT2D eigenvalue weighted by Gasteiger charge is -2.42. The van der Waals surface area contributed by atoms with Gasteiger partial charge in [0, 0.05) is 32.7 Å². The first-order chi connectivity index (χ1) is 6.31. The maximum atomic E-state index is 5.95. The fourth-order valence-electron chi connectivity index (χ4n) is 2.06. The van der Waals surface area contributed by atoms with Crippen LogP contribution in [0.25, 0.3) is 0 Å². The summed E-state index contributed by atoms with van der Waals surface area (Å²) in [6.07, 6.45) is 0. The Bertz CT molecular complexity index is 211. The number of rotatable bonds is 2. The second kappa shape index (κ2) is 3.89. The van der Waals surface area contributed by atoms with Crippen LogP contribution >= 0.6 is 22.7 Å². The van der Waals surface area contributed by atoms with Gasteiger partial charge in [-0.25, -0.2) is 4.31 Å². The molecule has 82 valence electrons. The molecule has 3 aliphatic heterocycles. The summed E-state index contributed by atoms with van der Waals surface area (Å²) in [5, 5.41) is 0. The molecule has 3 rings (SSSR count). The third-order valence-corrected chi connectivity index (χ3v) is 3.30. The lowest BCUT2D eigenvalue weighted by Crippen LogP contribution is -2.59. The average molecular weight is 235 g/mol. The third kappa shape index (κ3) is 1.82. The van der Waals surface area contributed by atoms with Gasteiger partial charge in [-0.15, -0.1) is 0 Å². The van der Waals surface area contributed by atoms with Gasteiger partial charge in [0.2, 0.25) is 0 Å². The van der Waals surface area contributed by atoms with Gasteiger partial charge in [-0.3, -0.25) is 9.80 Å². The number of hydrogen-bond acceptors (Lipinski definition) is 5. The largest absolute Gasteiger partial charge is 0.344 e. The highest BCUT2D eigenvalue weighted by Gasteiger charge is 2.54. The Labute approximate surface area is 93.7 Å². The molecule has 0 aliphatic carbocycles. The zero-order chi connectivity index (χ0) is 8.89. The number of nitrogens with zero attached hydrogens (tertiary/aromatic N) is 3. The van der Waals surface area contributed by atoms with E-state index in [4.69, 9.17) is 4.74 Å². The van der Waals surface area contributed by atoms with Crippen LogP contribution in [0.1, 0.15) is 0 Å². The summed E-state index contributed by atoms with van der Waals surface area (Å²) in [7, 11) is 0. The molecule has 0 aromatic carbocycles. The predicted molar refractivity (Wildman–Crippen MR) is 63.5 cm³/mol. The van der Waals surface area contributed by atoms with E-state index >= 15 is 0 Å². The number of morpholine rings is 1. The quantitative estimate of drug-likeness (QED) is 0.395. The molecule has 3 fully saturated rings. The molecule has 14 heavy (non-hydrogen) atoms. The molecule has 0 bridgehead atoms. The van der Waals surface area contributed by atoms with E-state index in [0.29, 0.717) is 0 Å². The van der Waals surface area contributed by atoms with Crippen LogP contribution in [0.2, 0.25) is 0 Å². The zero-order valence-corrected chi connectivity index (χ0v) is 10.7. The summed E-state index contributed by atoms with van der Waals surface area (Å²) in [5.74, 6) is -0.111. The van der Waals surface area contributed by atoms with Crippen molar-refractivity contribution in [3.05, 3.63) is 0 Å². The van der Waals surface area contributed by atoms with Crippen molar-refractivity contribution in [2.24, 2.45) is 0 Å². The average Bonchev–Trinajstić information content (AvgIpc) is 2.98. The van der Waals surface area contributed by atoms with Gasteiger partial charge in [0.05, 0.1) is 13.2 Å². The first-order valence-corrected chi connectivity index (χ1v) is 5.29. The first kappa shape index (κ1) is 11.1. The van der Waals surface area contributed by atoms with E-state index in [1.165, 1.54) is 26.2 Å². The van der Waals surface area contributed by atoms with Crippen LogP contribution in [0.4, 0.5) is 0 Å². The van der Waals surface area contributed by atoms with E-state index in [1.807, 2.05) is 0 Å². The minimum absolute atomic E-state index is 0. The molecule has 3 saturated heterocycles. The highest BCUT2D eigenvalue weighted by Crippen LogP contribution is 2.36. The highest BCUT2D eigenvalue weighted by molar-refractivity contribution is 7.77. The summed E-state index contributed by atoms with van der Waals surface area (Å²) >= 11 is 4.42. The van der Waals surface area contributed by atoms with Crippen LogP contribution in [-0.4, -0.2) is 65.8 Å². The highest BCUT2D eigenvalue weighted by atomic mass is 32.1. The Morgan fingerprint density at radius 3 is 2.00 bits per heavy atom. The second-order valence-electron chi connectivity index (χ2n) is 3.95. The maximum absolute atomic E-state index is 5.95. The van der Waals surface area contributed by atoms with Crippen molar-refractivity contribution in [2.45, 2.75) is 5.85 Å². The van der Waals surface area contributed by atoms with Gasteiger partial charge in [0.1, 0.15) is 0 Å². The van der Waals surface area contributed by atoms with Crippen molar-refractivity contribution in [1.82, 2.24) is 14.1 Å². The number of hydrogen-bond donors (Lipinski definition) is 1. The maximum Gasteiger partial charge on any atom is 0.193 e. The van der Waals surface area contributed by atoms with Crippen molar-refractivity contribution in [3.8, 4) is 0 Å². The summed E-state index contributed by atoms with van der Waals surface area (Å²) in [6.45, 7) is 7.37. The van der Waals surface area contributed by atoms with E-state index in [1.54, 1.807) is 0 Å². The Balaban J connectivity index is 0.000000750. The van der Waals surface area contributed by atoms with Crippen LogP contribution in [0.15, 0.2) is 0 Å². The fourth-order valence-corrected chi connectivity index (χ4v) is 2.32. The van der Waals surface area contributed by atoms with E-state index < -0.39 is 0 Å². The lowest BCUT2D eigenvalue weighted by atomic mass is 10.3. The minimum Gasteiger partial charge on any atom is -0.344 e. The van der Waals surface area contributed by atoms with Gasteiger partial charge in [0.15, 0.2) is 5.85 Å². The van der Waals surface area contributed by atoms with Gasteiger partial charge in [-0.1, -0.05) is 12.8 Å². The van der Waals surface area contributed by atoms with Crippen LogP contribution in [0, 0.1) is 0 Å². The van der Waals surface area contributed by atoms with Crippen LogP contribution < -0.4 is 0 Å². The van der Waals surface area contributed by atoms with E-state index in [-0.39, 0.29) is 15.7 Å². The summed E-state index contributed by atoms with van der Waals surface area (Å²) in [5.41, 5.74) is 0. The van der Waals surface area contributed by atoms with Gasteiger partial charge in [-0.05, 0) is 0 Å².